The molecule has 3 aliphatic rings. The van der Waals surface area contributed by atoms with Gasteiger partial charge in [-0.15, -0.1) is 5.10 Å². The summed E-state index contributed by atoms with van der Waals surface area (Å²) in [6.07, 6.45) is 3.48. The number of rotatable bonds is 52. The number of carboxylic acid groups (broad SMARTS) is 4. The highest BCUT2D eigenvalue weighted by molar-refractivity contribution is 6.38. The molecule has 0 saturated carbocycles. The minimum absolute atomic E-state index is 0.0115. The first-order valence-electron chi connectivity index (χ1n) is 38.9. The SMILES string of the molecule is CCC(C)(C)C(=O)C(=O)N1CCCC[C@H]1C(=O)O[C@H](CCc1ccc(OC)c(OC)c1)c1cccc(OCC(=O)NCCOCCOCCOCCOCCOCCn2cc(CNC(=O)Cc3ccc(OCCOc4cc(-c5c6cc(F)c(=O)cc-6oc6cc(O)c(F)cc56)ccc4N(CC(=O)O)CC(=O)O)c(N(CC(=O)O)CC(=O)O)c3)nn2)c1. The second-order valence-corrected chi connectivity index (χ2v) is 28.5. The number of carbonyl (C=O) groups excluding carboxylic acids is 5. The molecule has 650 valence electrons. The molecule has 6 aromatic rings. The van der Waals surface area contributed by atoms with Crippen molar-refractivity contribution in [2.75, 3.05) is 149 Å². The Labute approximate surface area is 693 Å². The van der Waals surface area contributed by atoms with Crippen molar-refractivity contribution in [1.82, 2.24) is 30.5 Å². The molecule has 0 bridgehead atoms. The molecule has 37 heteroatoms. The number of fused-ring (bicyclic) bond motifs is 2. The number of phenolic OH excluding ortho intramolecular Hbond substituents is 1. The maximum absolute atomic E-state index is 15.0. The normalized spacial score (nSPS) is 13.0. The number of piperidine rings is 1. The highest BCUT2D eigenvalue weighted by atomic mass is 19.1. The van der Waals surface area contributed by atoms with E-state index in [1.165, 1.54) is 46.0 Å². The highest BCUT2D eigenvalue weighted by Crippen LogP contribution is 2.45. The largest absolute Gasteiger partial charge is 0.505 e. The lowest BCUT2D eigenvalue weighted by Gasteiger charge is -2.36. The van der Waals surface area contributed by atoms with Crippen molar-refractivity contribution in [3.63, 3.8) is 0 Å². The number of amides is 3. The lowest BCUT2D eigenvalue weighted by Crippen LogP contribution is -2.53. The fourth-order valence-corrected chi connectivity index (χ4v) is 12.9. The standard InChI is InChI=1S/C84H98F2N8O27/c1-6-84(2,3)81(107)82(108)94-22-8-7-12-63(94)83(109)121-67(18-13-52-14-20-69(110-4)73(37-52)111-5)54-10-9-11-57(39-54)119-51-75(98)87-21-24-112-26-28-114-30-32-116-33-31-115-29-27-113-25-23-93-46-56(89-90-93)45-88-74(97)38-53-15-19-68(64(36-53)92(49-78(103)104)50-79(105)106)117-34-35-118-72-40-55(16-17-62(72)91(47-76(99)100)48-77(101)102)80-58-41-60(85)65(95)43-70(58)120-71-44-66(96)61(86)42-59(71)80/h9-11,14-17,19-20,36-37,39-44,46,63,67,95H,6-8,12-13,18,21-35,38,45,47-51H2,1-5H3,(H,87,98)(H,88,97)(H,99,100)(H,101,102)(H,103,104)(H,105,106)/t63-,67+/m0/s1. The van der Waals surface area contributed by atoms with Crippen LogP contribution in [0.1, 0.15) is 81.4 Å². The second-order valence-electron chi connectivity index (χ2n) is 28.5. The van der Waals surface area contributed by atoms with E-state index < -0.39 is 127 Å². The number of hydrogen-bond donors (Lipinski definition) is 7. The van der Waals surface area contributed by atoms with Gasteiger partial charge in [0, 0.05) is 47.2 Å². The molecule has 9 rings (SSSR count). The van der Waals surface area contributed by atoms with Gasteiger partial charge in [-0.1, -0.05) is 56.3 Å². The predicted molar refractivity (Wildman–Crippen MR) is 428 cm³/mol. The highest BCUT2D eigenvalue weighted by Gasteiger charge is 2.42. The summed E-state index contributed by atoms with van der Waals surface area (Å²) in [6, 6.07) is 23.3. The molecule has 0 spiro atoms. The van der Waals surface area contributed by atoms with Gasteiger partial charge in [0.25, 0.3) is 11.8 Å². The molecular formula is C84H98F2N8O27. The molecule has 3 amide bonds. The molecule has 121 heavy (non-hydrogen) atoms. The van der Waals surface area contributed by atoms with Crippen LogP contribution in [-0.2, 0) is 97.5 Å². The summed E-state index contributed by atoms with van der Waals surface area (Å²) < 4.78 is 101. The van der Waals surface area contributed by atoms with Crippen molar-refractivity contribution in [3.8, 4) is 56.9 Å². The molecular weight excluding hydrogens is 1590 g/mol. The Morgan fingerprint density at radius 3 is 1.92 bits per heavy atom. The minimum atomic E-state index is -1.42. The maximum Gasteiger partial charge on any atom is 0.329 e. The number of halogens is 2. The molecule has 35 nitrogen and oxygen atoms in total. The number of Topliss-reactive ketones (excluding diaryl/α,β-unsaturated/α-hetero) is 1. The van der Waals surface area contributed by atoms with Crippen LogP contribution in [0.3, 0.4) is 0 Å². The number of ether oxygens (including phenoxy) is 11. The number of aromatic nitrogens is 3. The number of carboxylic acids is 4. The first kappa shape index (κ1) is 92.3. The van der Waals surface area contributed by atoms with Gasteiger partial charge in [-0.3, -0.25) is 43.2 Å². The summed E-state index contributed by atoms with van der Waals surface area (Å²) in [6.45, 7) is 4.41. The Morgan fingerprint density at radius 1 is 0.636 bits per heavy atom. The number of phenols is 1. The van der Waals surface area contributed by atoms with Crippen molar-refractivity contribution in [2.24, 2.45) is 5.41 Å². The third-order valence-electron chi connectivity index (χ3n) is 19.4. The van der Waals surface area contributed by atoms with Crippen LogP contribution in [0.15, 0.2) is 119 Å². The fraction of sp³-hybridized carbons (Fsp3) is 0.429. The Bertz CT molecular complexity index is 4910. The van der Waals surface area contributed by atoms with Gasteiger partial charge < -0.3 is 107 Å². The zero-order valence-electron chi connectivity index (χ0n) is 67.5. The summed E-state index contributed by atoms with van der Waals surface area (Å²) >= 11 is 0. The fourth-order valence-electron chi connectivity index (χ4n) is 12.9. The van der Waals surface area contributed by atoms with Gasteiger partial charge in [-0.25, -0.2) is 18.3 Å². The van der Waals surface area contributed by atoms with E-state index in [-0.39, 0.29) is 135 Å². The number of ketones is 1. The number of nitrogens with zero attached hydrogens (tertiary/aromatic N) is 6. The van der Waals surface area contributed by atoms with E-state index in [2.05, 4.69) is 20.9 Å². The third kappa shape index (κ3) is 27.5. The lowest BCUT2D eigenvalue weighted by molar-refractivity contribution is -0.164. The number of aryl methyl sites for hydroxylation is 1. The average Bonchev–Trinajstić information content (AvgIpc) is 0.878. The first-order chi connectivity index (χ1) is 58.1. The molecule has 0 unspecified atom stereocenters. The van der Waals surface area contributed by atoms with Crippen LogP contribution >= 0.6 is 0 Å². The van der Waals surface area contributed by atoms with Crippen LogP contribution in [0.4, 0.5) is 20.2 Å². The number of methoxy groups -OCH3 is 2. The number of benzene rings is 6. The van der Waals surface area contributed by atoms with Gasteiger partial charge in [-0.2, -0.15) is 0 Å². The monoisotopic (exact) mass is 1690 g/mol. The molecule has 1 fully saturated rings. The van der Waals surface area contributed by atoms with Gasteiger partial charge in [0.05, 0.1) is 117 Å². The Hall–Kier alpha value is -12.6. The Balaban J connectivity index is 0.649. The summed E-state index contributed by atoms with van der Waals surface area (Å²) in [5.41, 5.74) is 0.193. The number of esters is 1. The average molecular weight is 1690 g/mol. The topological polar surface area (TPSA) is 451 Å². The van der Waals surface area contributed by atoms with Crippen LogP contribution in [0.2, 0.25) is 0 Å². The maximum atomic E-state index is 15.0. The van der Waals surface area contributed by atoms with Crippen molar-refractivity contribution in [2.45, 2.75) is 91.0 Å². The quantitative estimate of drug-likeness (QED) is 0.00850. The van der Waals surface area contributed by atoms with Crippen molar-refractivity contribution in [1.29, 1.82) is 0 Å². The van der Waals surface area contributed by atoms with Crippen LogP contribution in [0.25, 0.3) is 33.4 Å². The smallest absolute Gasteiger partial charge is 0.329 e. The molecule has 1 saturated heterocycles. The second kappa shape index (κ2) is 45.6. The van der Waals surface area contributed by atoms with E-state index in [0.717, 1.165) is 39.6 Å². The van der Waals surface area contributed by atoms with E-state index in [1.807, 2.05) is 19.1 Å². The van der Waals surface area contributed by atoms with Gasteiger partial charge in [-0.05, 0) is 121 Å². The molecule has 1 aromatic heterocycles. The first-order valence-corrected chi connectivity index (χ1v) is 38.9. The van der Waals surface area contributed by atoms with E-state index in [1.54, 1.807) is 64.6 Å². The Morgan fingerprint density at radius 2 is 1.26 bits per heavy atom. The van der Waals surface area contributed by atoms with Crippen LogP contribution in [0.5, 0.6) is 34.5 Å². The van der Waals surface area contributed by atoms with E-state index >= 15 is 4.39 Å². The molecule has 5 aromatic carbocycles. The molecule has 1 aliphatic carbocycles. The molecule has 2 atom stereocenters. The van der Waals surface area contributed by atoms with E-state index in [4.69, 9.17) is 56.5 Å². The molecule has 2 aliphatic heterocycles. The number of aliphatic carboxylic acids is 4. The van der Waals surface area contributed by atoms with Gasteiger partial charge in [0.15, 0.2) is 35.5 Å². The Kier molecular flexibility index (Phi) is 34.8. The predicted octanol–water partition coefficient (Wildman–Crippen LogP) is 7.31. The number of carbonyl (C=O) groups is 9. The third-order valence-corrected chi connectivity index (χ3v) is 19.4. The minimum Gasteiger partial charge on any atom is -0.505 e. The zero-order valence-corrected chi connectivity index (χ0v) is 67.5. The van der Waals surface area contributed by atoms with E-state index in [0.29, 0.717) is 106 Å². The van der Waals surface area contributed by atoms with Crippen LogP contribution in [0, 0.1) is 17.0 Å². The van der Waals surface area contributed by atoms with Gasteiger partial charge in [0.1, 0.15) is 85.8 Å². The number of anilines is 2. The molecule has 0 radical (unpaired) electrons. The summed E-state index contributed by atoms with van der Waals surface area (Å²) in [4.78, 5) is 131. The molecule has 3 heterocycles. The van der Waals surface area contributed by atoms with Crippen molar-refractivity contribution >= 4 is 75.7 Å². The summed E-state index contributed by atoms with van der Waals surface area (Å²) in [5.74, 6) is -10.4. The van der Waals surface area contributed by atoms with Gasteiger partial charge in [0.2, 0.25) is 17.1 Å². The number of likely N-dealkylation sites (tertiary alicyclic amines) is 1. The number of nitrogens with one attached hydrogen (secondary N) is 2. The lowest BCUT2D eigenvalue weighted by atomic mass is 9.84. The van der Waals surface area contributed by atoms with Crippen LogP contribution < -0.4 is 49.5 Å². The number of hydrogen-bond acceptors (Lipinski definition) is 27. The molecule has 7 N–H and O–H groups in total. The summed E-state index contributed by atoms with van der Waals surface area (Å²) in [5, 5.41) is 63.1. The summed E-state index contributed by atoms with van der Waals surface area (Å²) in [7, 11) is 3.09. The number of aromatic hydroxyl groups is 1. The zero-order chi connectivity index (χ0) is 87.1. The van der Waals surface area contributed by atoms with Crippen LogP contribution in [-0.4, -0.2) is 244 Å². The van der Waals surface area contributed by atoms with Crippen molar-refractivity contribution in [3.05, 3.63) is 154 Å². The van der Waals surface area contributed by atoms with Gasteiger partial charge >= 0.3 is 29.8 Å². The van der Waals surface area contributed by atoms with E-state index in [9.17, 15) is 77.9 Å². The van der Waals surface area contributed by atoms with Crippen molar-refractivity contribution < 1.29 is 134 Å².